The maximum atomic E-state index is 10.6. The summed E-state index contributed by atoms with van der Waals surface area (Å²) in [5.41, 5.74) is 2.72. The molecule has 1 aliphatic carbocycles. The van der Waals surface area contributed by atoms with Crippen molar-refractivity contribution >= 4 is 0 Å². The number of hydrogen-bond acceptors (Lipinski definition) is 3. The van der Waals surface area contributed by atoms with E-state index in [0.29, 0.717) is 11.9 Å². The third-order valence-corrected chi connectivity index (χ3v) is 3.70. The Balaban J connectivity index is 1.83. The number of ether oxygens (including phenoxy) is 2. The fourth-order valence-electron chi connectivity index (χ4n) is 2.35. The van der Waals surface area contributed by atoms with E-state index in [1.165, 1.54) is 0 Å². The molecule has 1 saturated carbocycles. The number of rotatable bonds is 5. The summed E-state index contributed by atoms with van der Waals surface area (Å²) in [5.74, 6) is 1.57. The zero-order valence-corrected chi connectivity index (χ0v) is 12.4. The van der Waals surface area contributed by atoms with E-state index in [1.807, 2.05) is 49.4 Å². The van der Waals surface area contributed by atoms with Gasteiger partial charge in [0.05, 0.1) is 13.2 Å². The molecule has 0 heterocycles. The Bertz CT molecular complexity index is 615. The Kier molecular flexibility index (Phi) is 3.84. The second kappa shape index (κ2) is 5.78. The fraction of sp³-hybridized carbons (Fsp3) is 0.333. The van der Waals surface area contributed by atoms with Crippen LogP contribution in [0.2, 0.25) is 0 Å². The molecule has 0 spiro atoms. The first-order valence-electron chi connectivity index (χ1n) is 7.26. The zero-order valence-electron chi connectivity index (χ0n) is 12.4. The molecule has 110 valence electrons. The molecule has 0 bridgehead atoms. The molecule has 0 aromatic heterocycles. The lowest BCUT2D eigenvalue weighted by Gasteiger charge is -2.16. The fourth-order valence-corrected chi connectivity index (χ4v) is 2.35. The van der Waals surface area contributed by atoms with Gasteiger partial charge in [0.1, 0.15) is 17.6 Å². The van der Waals surface area contributed by atoms with Crippen LogP contribution in [-0.2, 0) is 0 Å². The summed E-state index contributed by atoms with van der Waals surface area (Å²) in [7, 11) is 1.62. The van der Waals surface area contributed by atoms with Crippen molar-refractivity contribution < 1.29 is 14.6 Å². The molecule has 0 aliphatic heterocycles. The zero-order chi connectivity index (χ0) is 14.8. The van der Waals surface area contributed by atoms with Gasteiger partial charge in [0.15, 0.2) is 0 Å². The molecule has 3 heteroatoms. The molecule has 2 aromatic rings. The van der Waals surface area contributed by atoms with Crippen LogP contribution >= 0.6 is 0 Å². The minimum absolute atomic E-state index is 0.387. The Morgan fingerprint density at radius 3 is 2.43 bits per heavy atom. The molecular weight excluding hydrogens is 264 g/mol. The molecule has 1 N–H and O–H groups in total. The molecule has 1 fully saturated rings. The van der Waals surface area contributed by atoms with Crippen LogP contribution in [0.5, 0.6) is 11.5 Å². The maximum absolute atomic E-state index is 10.6. The highest BCUT2D eigenvalue weighted by molar-refractivity contribution is 5.43. The van der Waals surface area contributed by atoms with Crippen LogP contribution in [0.1, 0.15) is 35.6 Å². The first-order chi connectivity index (χ1) is 10.2. The van der Waals surface area contributed by atoms with Crippen LogP contribution in [0.3, 0.4) is 0 Å². The van der Waals surface area contributed by atoms with Crippen molar-refractivity contribution in [3.8, 4) is 11.5 Å². The lowest BCUT2D eigenvalue weighted by molar-refractivity contribution is 0.214. The van der Waals surface area contributed by atoms with Crippen LogP contribution in [0, 0.1) is 6.92 Å². The Hall–Kier alpha value is -2.00. The largest absolute Gasteiger partial charge is 0.496 e. The molecule has 0 amide bonds. The van der Waals surface area contributed by atoms with Gasteiger partial charge in [-0.25, -0.2) is 0 Å². The van der Waals surface area contributed by atoms with Crippen molar-refractivity contribution in [3.63, 3.8) is 0 Å². The van der Waals surface area contributed by atoms with Gasteiger partial charge in [0, 0.05) is 5.56 Å². The predicted molar refractivity (Wildman–Crippen MR) is 81.9 cm³/mol. The lowest BCUT2D eigenvalue weighted by atomic mass is 9.99. The van der Waals surface area contributed by atoms with Crippen molar-refractivity contribution in [2.24, 2.45) is 0 Å². The number of benzene rings is 2. The molecule has 1 unspecified atom stereocenters. The highest BCUT2D eigenvalue weighted by Gasteiger charge is 2.23. The smallest absolute Gasteiger partial charge is 0.125 e. The van der Waals surface area contributed by atoms with Crippen molar-refractivity contribution in [1.29, 1.82) is 0 Å². The topological polar surface area (TPSA) is 38.7 Å². The van der Waals surface area contributed by atoms with Crippen molar-refractivity contribution in [2.75, 3.05) is 7.11 Å². The highest BCUT2D eigenvalue weighted by Crippen LogP contribution is 2.32. The minimum atomic E-state index is -0.699. The van der Waals surface area contributed by atoms with E-state index in [9.17, 15) is 5.11 Å². The number of aryl methyl sites for hydroxylation is 1. The van der Waals surface area contributed by atoms with Gasteiger partial charge in [-0.05, 0) is 49.6 Å². The first kappa shape index (κ1) is 14.0. The van der Waals surface area contributed by atoms with E-state index in [-0.39, 0.29) is 0 Å². The molecule has 1 aliphatic rings. The number of hydrogen-bond donors (Lipinski definition) is 1. The van der Waals surface area contributed by atoms with Crippen molar-refractivity contribution in [3.05, 3.63) is 59.2 Å². The molecule has 1 atom stereocenters. The highest BCUT2D eigenvalue weighted by atomic mass is 16.5. The summed E-state index contributed by atoms with van der Waals surface area (Å²) in [6.45, 7) is 2.00. The average Bonchev–Trinajstić information content (AvgIpc) is 3.31. The summed E-state index contributed by atoms with van der Waals surface area (Å²) in [4.78, 5) is 0. The molecular formula is C18H20O3. The van der Waals surface area contributed by atoms with Gasteiger partial charge in [-0.15, -0.1) is 0 Å². The van der Waals surface area contributed by atoms with Gasteiger partial charge in [0.25, 0.3) is 0 Å². The van der Waals surface area contributed by atoms with E-state index in [2.05, 4.69) is 0 Å². The van der Waals surface area contributed by atoms with Crippen molar-refractivity contribution in [1.82, 2.24) is 0 Å². The minimum Gasteiger partial charge on any atom is -0.496 e. The average molecular weight is 284 g/mol. The molecule has 3 rings (SSSR count). The standard InChI is InChI=1S/C18H20O3/c1-12-3-10-17(20-2)16(11-12)18(19)13-4-6-14(7-5-13)21-15-8-9-15/h3-7,10-11,15,18-19H,8-9H2,1-2H3. The summed E-state index contributed by atoms with van der Waals surface area (Å²) < 4.78 is 11.1. The van der Waals surface area contributed by atoms with Gasteiger partial charge in [-0.2, -0.15) is 0 Å². The third kappa shape index (κ3) is 3.19. The molecule has 0 saturated heterocycles. The second-order valence-corrected chi connectivity index (χ2v) is 5.53. The van der Waals surface area contributed by atoms with Crippen LogP contribution in [0.25, 0.3) is 0 Å². The normalized spacial score (nSPS) is 15.6. The molecule has 21 heavy (non-hydrogen) atoms. The second-order valence-electron chi connectivity index (χ2n) is 5.53. The van der Waals surface area contributed by atoms with Gasteiger partial charge < -0.3 is 14.6 Å². The predicted octanol–water partition coefficient (Wildman–Crippen LogP) is 3.63. The SMILES string of the molecule is COc1ccc(C)cc1C(O)c1ccc(OC2CC2)cc1. The molecule has 2 aromatic carbocycles. The maximum Gasteiger partial charge on any atom is 0.125 e. The number of aliphatic hydroxyl groups excluding tert-OH is 1. The number of aliphatic hydroxyl groups is 1. The molecule has 3 nitrogen and oxygen atoms in total. The monoisotopic (exact) mass is 284 g/mol. The van der Waals surface area contributed by atoms with Crippen molar-refractivity contribution in [2.45, 2.75) is 32.0 Å². The summed E-state index contributed by atoms with van der Waals surface area (Å²) in [6.07, 6.45) is 1.97. The van der Waals surface area contributed by atoms with E-state index in [1.54, 1.807) is 7.11 Å². The van der Waals surface area contributed by atoms with Crippen LogP contribution in [0.15, 0.2) is 42.5 Å². The van der Waals surface area contributed by atoms with Crippen LogP contribution in [-0.4, -0.2) is 18.3 Å². The third-order valence-electron chi connectivity index (χ3n) is 3.70. The Morgan fingerprint density at radius 2 is 1.81 bits per heavy atom. The van der Waals surface area contributed by atoms with Crippen LogP contribution in [0.4, 0.5) is 0 Å². The van der Waals surface area contributed by atoms with Gasteiger partial charge >= 0.3 is 0 Å². The van der Waals surface area contributed by atoms with Gasteiger partial charge in [0.2, 0.25) is 0 Å². The quantitative estimate of drug-likeness (QED) is 0.911. The van der Waals surface area contributed by atoms with Gasteiger partial charge in [-0.3, -0.25) is 0 Å². The Morgan fingerprint density at radius 1 is 1.10 bits per heavy atom. The molecule has 0 radical (unpaired) electrons. The summed E-state index contributed by atoms with van der Waals surface area (Å²) in [5, 5.41) is 10.6. The first-order valence-corrected chi connectivity index (χ1v) is 7.26. The van der Waals surface area contributed by atoms with E-state index in [0.717, 1.165) is 35.3 Å². The summed E-state index contributed by atoms with van der Waals surface area (Å²) in [6, 6.07) is 13.5. The van der Waals surface area contributed by atoms with Gasteiger partial charge in [-0.1, -0.05) is 23.8 Å². The van der Waals surface area contributed by atoms with E-state index in [4.69, 9.17) is 9.47 Å². The van der Waals surface area contributed by atoms with E-state index < -0.39 is 6.10 Å². The summed E-state index contributed by atoms with van der Waals surface area (Å²) >= 11 is 0. The van der Waals surface area contributed by atoms with Crippen LogP contribution < -0.4 is 9.47 Å². The Labute approximate surface area is 125 Å². The lowest BCUT2D eigenvalue weighted by Crippen LogP contribution is -2.03. The van der Waals surface area contributed by atoms with E-state index >= 15 is 0 Å². The number of methoxy groups -OCH3 is 1.